The second-order valence-corrected chi connectivity index (χ2v) is 8.83. The Balaban J connectivity index is 1.46. The van der Waals surface area contributed by atoms with Gasteiger partial charge in [-0.25, -0.2) is 9.78 Å². The zero-order valence-corrected chi connectivity index (χ0v) is 22.4. The van der Waals surface area contributed by atoms with Gasteiger partial charge in [0.25, 0.3) is 5.91 Å². The fourth-order valence-corrected chi connectivity index (χ4v) is 3.70. The highest BCUT2D eigenvalue weighted by atomic mass is 19.4. The minimum atomic E-state index is -5.26. The van der Waals surface area contributed by atoms with Gasteiger partial charge in [0.1, 0.15) is 6.61 Å². The van der Waals surface area contributed by atoms with Crippen molar-refractivity contribution < 1.29 is 41.7 Å². The second kappa shape index (κ2) is 13.7. The maximum atomic E-state index is 12.4. The number of hydrogen-bond acceptors (Lipinski definition) is 10. The van der Waals surface area contributed by atoms with E-state index in [9.17, 15) is 22.8 Å². The van der Waals surface area contributed by atoms with E-state index in [4.69, 9.17) is 14.2 Å². The first kappa shape index (κ1) is 30.2. The Kier molecular flexibility index (Phi) is 9.88. The third-order valence-electron chi connectivity index (χ3n) is 5.74. The molecule has 42 heavy (non-hydrogen) atoms. The van der Waals surface area contributed by atoms with Crippen LogP contribution in [-0.2, 0) is 37.0 Å². The van der Waals surface area contributed by atoms with E-state index in [-0.39, 0.29) is 18.2 Å². The molecule has 0 fully saturated rings. The standard InChI is InChI=1S/C27H27F3N6O6/c1-17(42-25(38)27(28,29)30)23(37)33-20-5-3-4-18(12-20)16-41-24-22(19-6-9-40-10-7-19)14-31-26(35-24)34-21-13-32-36(15-21)8-11-39-2/h3-6,12-15H,1,7-11,16H2,2H3,(H,33,37)(H,31,34,35). The van der Waals surface area contributed by atoms with Gasteiger partial charge in [-0.2, -0.15) is 23.3 Å². The number of ether oxygens (including phenoxy) is 4. The first-order valence-electron chi connectivity index (χ1n) is 12.6. The number of esters is 1. The van der Waals surface area contributed by atoms with Crippen LogP contribution in [0.1, 0.15) is 17.5 Å². The van der Waals surface area contributed by atoms with Crippen LogP contribution in [0.5, 0.6) is 5.88 Å². The smallest absolute Gasteiger partial charge is 0.472 e. The molecule has 0 saturated carbocycles. The highest BCUT2D eigenvalue weighted by Gasteiger charge is 2.42. The highest BCUT2D eigenvalue weighted by molar-refractivity contribution is 6.03. The van der Waals surface area contributed by atoms with Crippen molar-refractivity contribution in [2.24, 2.45) is 0 Å². The van der Waals surface area contributed by atoms with Crippen molar-refractivity contribution in [1.29, 1.82) is 0 Å². The lowest BCUT2D eigenvalue weighted by Crippen LogP contribution is -2.28. The molecule has 0 radical (unpaired) electrons. The number of anilines is 3. The summed E-state index contributed by atoms with van der Waals surface area (Å²) >= 11 is 0. The molecule has 0 bridgehead atoms. The van der Waals surface area contributed by atoms with Crippen molar-refractivity contribution in [3.63, 3.8) is 0 Å². The van der Waals surface area contributed by atoms with Crippen molar-refractivity contribution in [1.82, 2.24) is 19.7 Å². The quantitative estimate of drug-likeness (QED) is 0.181. The number of rotatable bonds is 12. The summed E-state index contributed by atoms with van der Waals surface area (Å²) in [7, 11) is 1.61. The lowest BCUT2D eigenvalue weighted by molar-refractivity contribution is -0.195. The van der Waals surface area contributed by atoms with Gasteiger partial charge in [-0.15, -0.1) is 0 Å². The van der Waals surface area contributed by atoms with Gasteiger partial charge in [0.2, 0.25) is 11.8 Å². The van der Waals surface area contributed by atoms with E-state index in [0.717, 1.165) is 5.57 Å². The number of carbonyl (C=O) groups is 2. The molecule has 222 valence electrons. The van der Waals surface area contributed by atoms with Crippen LogP contribution in [0.3, 0.4) is 0 Å². The Hall–Kier alpha value is -4.76. The average molecular weight is 589 g/mol. The number of aromatic nitrogens is 4. The maximum Gasteiger partial charge on any atom is 0.491 e. The minimum Gasteiger partial charge on any atom is -0.472 e. The second-order valence-electron chi connectivity index (χ2n) is 8.83. The Morgan fingerprint density at radius 2 is 2.05 bits per heavy atom. The predicted molar refractivity (Wildman–Crippen MR) is 144 cm³/mol. The Morgan fingerprint density at radius 1 is 1.21 bits per heavy atom. The number of amides is 1. The highest BCUT2D eigenvalue weighted by Crippen LogP contribution is 2.30. The van der Waals surface area contributed by atoms with Crippen LogP contribution in [0.2, 0.25) is 0 Å². The molecule has 0 atom stereocenters. The van der Waals surface area contributed by atoms with Crippen molar-refractivity contribution >= 4 is 34.8 Å². The number of methoxy groups -OCH3 is 1. The SMILES string of the molecule is C=C(OC(=O)C(F)(F)F)C(=O)Nc1cccc(COc2nc(Nc3cnn(CCOC)c3)ncc2C2=CCOCC2)c1. The van der Waals surface area contributed by atoms with E-state index < -0.39 is 23.8 Å². The van der Waals surface area contributed by atoms with Gasteiger partial charge in [0.05, 0.1) is 43.8 Å². The van der Waals surface area contributed by atoms with Gasteiger partial charge in [-0.1, -0.05) is 24.8 Å². The van der Waals surface area contributed by atoms with Crippen LogP contribution in [-0.4, -0.2) is 64.7 Å². The van der Waals surface area contributed by atoms with E-state index >= 15 is 0 Å². The molecule has 3 heterocycles. The van der Waals surface area contributed by atoms with Gasteiger partial charge in [0.15, 0.2) is 5.76 Å². The molecular formula is C27H27F3N6O6. The molecule has 4 rings (SSSR count). The van der Waals surface area contributed by atoms with Gasteiger partial charge in [0, 0.05) is 25.2 Å². The van der Waals surface area contributed by atoms with Crippen molar-refractivity contribution in [2.75, 3.05) is 37.6 Å². The zero-order valence-electron chi connectivity index (χ0n) is 22.4. The van der Waals surface area contributed by atoms with Gasteiger partial charge < -0.3 is 29.6 Å². The zero-order chi connectivity index (χ0) is 30.1. The molecule has 0 saturated heterocycles. The molecule has 15 heteroatoms. The molecule has 12 nitrogen and oxygen atoms in total. The normalized spacial score (nSPS) is 13.2. The lowest BCUT2D eigenvalue weighted by atomic mass is 10.0. The summed E-state index contributed by atoms with van der Waals surface area (Å²) in [6.07, 6.45) is 2.38. The van der Waals surface area contributed by atoms with Gasteiger partial charge >= 0.3 is 12.1 Å². The van der Waals surface area contributed by atoms with Crippen molar-refractivity contribution in [3.8, 4) is 5.88 Å². The summed E-state index contributed by atoms with van der Waals surface area (Å²) in [4.78, 5) is 32.2. The van der Waals surface area contributed by atoms with Crippen molar-refractivity contribution in [3.05, 3.63) is 72.4 Å². The number of alkyl halides is 3. The van der Waals surface area contributed by atoms with E-state index in [0.29, 0.717) is 55.5 Å². The van der Waals surface area contributed by atoms with E-state index in [1.54, 1.807) is 48.6 Å². The van der Waals surface area contributed by atoms with Crippen LogP contribution in [0.25, 0.3) is 5.57 Å². The van der Waals surface area contributed by atoms with Crippen molar-refractivity contribution in [2.45, 2.75) is 25.7 Å². The fraction of sp³-hybridized carbons (Fsp3) is 0.296. The van der Waals surface area contributed by atoms with Gasteiger partial charge in [-0.05, 0) is 29.7 Å². The molecule has 0 aliphatic carbocycles. The van der Waals surface area contributed by atoms with E-state index in [1.807, 2.05) is 6.08 Å². The van der Waals surface area contributed by atoms with Crippen LogP contribution in [0, 0.1) is 0 Å². The number of halogens is 3. The Labute approximate surface area is 238 Å². The third kappa shape index (κ3) is 8.37. The maximum absolute atomic E-state index is 12.4. The monoisotopic (exact) mass is 588 g/mol. The molecular weight excluding hydrogens is 561 g/mol. The topological polar surface area (TPSA) is 139 Å². The van der Waals surface area contributed by atoms with E-state index in [2.05, 4.69) is 37.0 Å². The molecule has 1 amide bonds. The van der Waals surface area contributed by atoms with E-state index in [1.165, 1.54) is 6.07 Å². The molecule has 1 aromatic carbocycles. The number of nitrogens with one attached hydrogen (secondary N) is 2. The lowest BCUT2D eigenvalue weighted by Gasteiger charge is -2.17. The largest absolute Gasteiger partial charge is 0.491 e. The van der Waals surface area contributed by atoms with Crippen LogP contribution >= 0.6 is 0 Å². The Morgan fingerprint density at radius 3 is 2.79 bits per heavy atom. The molecule has 2 N–H and O–H groups in total. The number of nitrogens with zero attached hydrogens (tertiary/aromatic N) is 4. The fourth-order valence-electron chi connectivity index (χ4n) is 3.70. The summed E-state index contributed by atoms with van der Waals surface area (Å²) in [6, 6.07) is 6.36. The average Bonchev–Trinajstić information content (AvgIpc) is 3.42. The van der Waals surface area contributed by atoms with Crippen LogP contribution in [0.15, 0.2) is 61.3 Å². The summed E-state index contributed by atoms with van der Waals surface area (Å²) in [6.45, 7) is 5.18. The summed E-state index contributed by atoms with van der Waals surface area (Å²) < 4.78 is 59.5. The molecule has 0 spiro atoms. The predicted octanol–water partition coefficient (Wildman–Crippen LogP) is 4.00. The summed E-state index contributed by atoms with van der Waals surface area (Å²) in [5, 5.41) is 9.70. The van der Waals surface area contributed by atoms with Gasteiger partial charge in [-0.3, -0.25) is 9.48 Å². The summed E-state index contributed by atoms with van der Waals surface area (Å²) in [5.74, 6) is -4.08. The molecule has 3 aromatic rings. The minimum absolute atomic E-state index is 0.0237. The third-order valence-corrected chi connectivity index (χ3v) is 5.74. The first-order chi connectivity index (χ1) is 20.1. The Bertz CT molecular complexity index is 1470. The number of benzene rings is 1. The molecule has 0 unspecified atom stereocenters. The van der Waals surface area contributed by atoms with Crippen LogP contribution < -0.4 is 15.4 Å². The van der Waals surface area contributed by atoms with Crippen LogP contribution in [0.4, 0.5) is 30.5 Å². The number of carbonyl (C=O) groups excluding carboxylic acids is 2. The summed E-state index contributed by atoms with van der Waals surface area (Å²) in [5.41, 5.74) is 3.13. The molecule has 1 aliphatic rings. The molecule has 2 aromatic heterocycles. The number of hydrogen-bond donors (Lipinski definition) is 2. The first-order valence-corrected chi connectivity index (χ1v) is 12.6. The molecule has 1 aliphatic heterocycles.